The lowest BCUT2D eigenvalue weighted by molar-refractivity contribution is 0.310. The molecule has 0 fully saturated rings. The van der Waals surface area contributed by atoms with Gasteiger partial charge >= 0.3 is 0 Å². The summed E-state index contributed by atoms with van der Waals surface area (Å²) in [4.78, 5) is 0. The highest BCUT2D eigenvalue weighted by molar-refractivity contribution is 5.36. The zero-order valence-electron chi connectivity index (χ0n) is 8.87. The maximum Gasteiger partial charge on any atom is 0.127 e. The molecule has 1 aromatic carbocycles. The lowest BCUT2D eigenvalue weighted by Gasteiger charge is -2.15. The van der Waals surface area contributed by atoms with Gasteiger partial charge in [0.1, 0.15) is 11.6 Å². The molecule has 15 heavy (non-hydrogen) atoms. The summed E-state index contributed by atoms with van der Waals surface area (Å²) in [5.74, 6) is 0.170. The predicted octanol–water partition coefficient (Wildman–Crippen LogP) is 1.57. The van der Waals surface area contributed by atoms with E-state index < -0.39 is 0 Å². The molecule has 0 radical (unpaired) electrons. The molecule has 84 valence electrons. The highest BCUT2D eigenvalue weighted by atomic mass is 19.1. The molecule has 1 atom stereocenters. The second kappa shape index (κ2) is 5.68. The maximum absolute atomic E-state index is 13.0. The third kappa shape index (κ3) is 3.18. The fraction of sp³-hybridized carbons (Fsp3) is 0.455. The zero-order chi connectivity index (χ0) is 11.3. The van der Waals surface area contributed by atoms with Crippen LogP contribution in [0.4, 0.5) is 4.39 Å². The summed E-state index contributed by atoms with van der Waals surface area (Å²) < 4.78 is 18.4. The van der Waals surface area contributed by atoms with Gasteiger partial charge in [-0.05, 0) is 12.5 Å². The standard InChI is InChI=1S/C11H17FN2O/c1-2-5-15-11-6-8(12)3-4-9(11)10(14)7-13/h3-4,6,10H,2,5,7,13-14H2,1H3. The molecule has 0 aromatic heterocycles. The van der Waals surface area contributed by atoms with E-state index in [1.54, 1.807) is 6.07 Å². The van der Waals surface area contributed by atoms with Gasteiger partial charge in [-0.15, -0.1) is 0 Å². The smallest absolute Gasteiger partial charge is 0.127 e. The highest BCUT2D eigenvalue weighted by Gasteiger charge is 2.11. The van der Waals surface area contributed by atoms with Crippen LogP contribution in [-0.4, -0.2) is 13.2 Å². The van der Waals surface area contributed by atoms with Crippen molar-refractivity contribution in [2.75, 3.05) is 13.2 Å². The first-order valence-electron chi connectivity index (χ1n) is 5.07. The molecule has 1 unspecified atom stereocenters. The minimum absolute atomic E-state index is 0.308. The van der Waals surface area contributed by atoms with Gasteiger partial charge < -0.3 is 16.2 Å². The van der Waals surface area contributed by atoms with Crippen molar-refractivity contribution in [3.63, 3.8) is 0 Å². The average molecular weight is 212 g/mol. The van der Waals surface area contributed by atoms with Crippen LogP contribution in [0.3, 0.4) is 0 Å². The third-order valence-electron chi connectivity index (χ3n) is 2.09. The Hall–Kier alpha value is -1.13. The largest absolute Gasteiger partial charge is 0.493 e. The van der Waals surface area contributed by atoms with Crippen LogP contribution in [-0.2, 0) is 0 Å². The number of rotatable bonds is 5. The normalized spacial score (nSPS) is 12.5. The number of ether oxygens (including phenoxy) is 1. The van der Waals surface area contributed by atoms with Gasteiger partial charge in [0, 0.05) is 24.2 Å². The number of hydrogen-bond donors (Lipinski definition) is 2. The van der Waals surface area contributed by atoms with Crippen molar-refractivity contribution in [3.8, 4) is 5.75 Å². The molecular weight excluding hydrogens is 195 g/mol. The molecule has 4 heteroatoms. The van der Waals surface area contributed by atoms with Crippen LogP contribution in [0.1, 0.15) is 24.9 Å². The summed E-state index contributed by atoms with van der Waals surface area (Å²) >= 11 is 0. The molecule has 0 heterocycles. The van der Waals surface area contributed by atoms with Crippen molar-refractivity contribution in [3.05, 3.63) is 29.6 Å². The van der Waals surface area contributed by atoms with Crippen LogP contribution in [0.2, 0.25) is 0 Å². The molecule has 0 bridgehead atoms. The highest BCUT2D eigenvalue weighted by Crippen LogP contribution is 2.24. The Kier molecular flexibility index (Phi) is 4.52. The van der Waals surface area contributed by atoms with E-state index in [4.69, 9.17) is 16.2 Å². The van der Waals surface area contributed by atoms with E-state index in [-0.39, 0.29) is 11.9 Å². The second-order valence-corrected chi connectivity index (χ2v) is 3.37. The van der Waals surface area contributed by atoms with E-state index in [2.05, 4.69) is 0 Å². The lowest BCUT2D eigenvalue weighted by Crippen LogP contribution is -2.21. The van der Waals surface area contributed by atoms with Crippen LogP contribution in [0, 0.1) is 5.82 Å². The average Bonchev–Trinajstić information content (AvgIpc) is 2.25. The SMILES string of the molecule is CCCOc1cc(F)ccc1C(N)CN. The molecule has 1 aromatic rings. The number of halogens is 1. The Morgan fingerprint density at radius 1 is 1.47 bits per heavy atom. The first kappa shape index (κ1) is 11.9. The van der Waals surface area contributed by atoms with Gasteiger partial charge in [-0.3, -0.25) is 0 Å². The Morgan fingerprint density at radius 2 is 2.20 bits per heavy atom. The summed E-state index contributed by atoms with van der Waals surface area (Å²) in [6.07, 6.45) is 0.869. The summed E-state index contributed by atoms with van der Waals surface area (Å²) in [5, 5.41) is 0. The monoisotopic (exact) mass is 212 g/mol. The van der Waals surface area contributed by atoms with Gasteiger partial charge in [0.25, 0.3) is 0 Å². The lowest BCUT2D eigenvalue weighted by atomic mass is 10.1. The van der Waals surface area contributed by atoms with E-state index in [0.717, 1.165) is 12.0 Å². The van der Waals surface area contributed by atoms with Gasteiger partial charge in [-0.25, -0.2) is 4.39 Å². The maximum atomic E-state index is 13.0. The zero-order valence-corrected chi connectivity index (χ0v) is 8.87. The molecule has 0 saturated carbocycles. The van der Waals surface area contributed by atoms with Crippen molar-refractivity contribution >= 4 is 0 Å². The molecule has 0 amide bonds. The molecule has 0 aliphatic heterocycles. The molecular formula is C11H17FN2O. The first-order chi connectivity index (χ1) is 7.19. The number of hydrogen-bond acceptors (Lipinski definition) is 3. The fourth-order valence-corrected chi connectivity index (χ4v) is 1.28. The Bertz CT molecular complexity index is 317. The van der Waals surface area contributed by atoms with Gasteiger partial charge in [-0.1, -0.05) is 13.0 Å². The summed E-state index contributed by atoms with van der Waals surface area (Å²) in [5.41, 5.74) is 12.0. The summed E-state index contributed by atoms with van der Waals surface area (Å²) in [6, 6.07) is 4.03. The van der Waals surface area contributed by atoms with Crippen molar-refractivity contribution in [1.82, 2.24) is 0 Å². The van der Waals surface area contributed by atoms with Crippen LogP contribution in [0.15, 0.2) is 18.2 Å². The molecule has 1 rings (SSSR count). The third-order valence-corrected chi connectivity index (χ3v) is 2.09. The summed E-state index contributed by atoms with van der Waals surface area (Å²) in [7, 11) is 0. The summed E-state index contributed by atoms with van der Waals surface area (Å²) in [6.45, 7) is 2.85. The quantitative estimate of drug-likeness (QED) is 0.778. The molecule has 0 saturated heterocycles. The number of benzene rings is 1. The Balaban J connectivity index is 2.92. The van der Waals surface area contributed by atoms with Crippen molar-refractivity contribution in [2.45, 2.75) is 19.4 Å². The molecule has 0 aliphatic carbocycles. The molecule has 4 N–H and O–H groups in total. The van der Waals surface area contributed by atoms with Crippen LogP contribution < -0.4 is 16.2 Å². The number of nitrogens with two attached hydrogens (primary N) is 2. The van der Waals surface area contributed by atoms with Gasteiger partial charge in [0.2, 0.25) is 0 Å². The van der Waals surface area contributed by atoms with E-state index >= 15 is 0 Å². The first-order valence-corrected chi connectivity index (χ1v) is 5.07. The topological polar surface area (TPSA) is 61.3 Å². The van der Waals surface area contributed by atoms with Crippen LogP contribution in [0.25, 0.3) is 0 Å². The van der Waals surface area contributed by atoms with Gasteiger partial charge in [0.05, 0.1) is 6.61 Å². The van der Waals surface area contributed by atoms with E-state index in [9.17, 15) is 4.39 Å². The molecule has 3 nitrogen and oxygen atoms in total. The van der Waals surface area contributed by atoms with Gasteiger partial charge in [0.15, 0.2) is 0 Å². The van der Waals surface area contributed by atoms with Crippen molar-refractivity contribution < 1.29 is 9.13 Å². The van der Waals surface area contributed by atoms with Gasteiger partial charge in [-0.2, -0.15) is 0 Å². The Labute approximate surface area is 89.2 Å². The predicted molar refractivity (Wildman–Crippen MR) is 58.2 cm³/mol. The Morgan fingerprint density at radius 3 is 2.80 bits per heavy atom. The minimum Gasteiger partial charge on any atom is -0.493 e. The van der Waals surface area contributed by atoms with Crippen LogP contribution in [0.5, 0.6) is 5.75 Å². The second-order valence-electron chi connectivity index (χ2n) is 3.37. The van der Waals surface area contributed by atoms with Crippen LogP contribution >= 0.6 is 0 Å². The molecule has 0 spiro atoms. The van der Waals surface area contributed by atoms with E-state index in [0.29, 0.717) is 18.9 Å². The fourth-order valence-electron chi connectivity index (χ4n) is 1.28. The van der Waals surface area contributed by atoms with E-state index in [1.807, 2.05) is 6.92 Å². The van der Waals surface area contributed by atoms with E-state index in [1.165, 1.54) is 12.1 Å². The minimum atomic E-state index is -0.325. The van der Waals surface area contributed by atoms with Crippen molar-refractivity contribution in [2.24, 2.45) is 11.5 Å². The van der Waals surface area contributed by atoms with Crippen molar-refractivity contribution in [1.29, 1.82) is 0 Å². The molecule has 0 aliphatic rings.